The molecule has 0 fully saturated rings. The van der Waals surface area contributed by atoms with Crippen LogP contribution in [0.3, 0.4) is 0 Å². The van der Waals surface area contributed by atoms with E-state index in [1.807, 2.05) is 19.2 Å². The zero-order valence-corrected chi connectivity index (χ0v) is 9.07. The van der Waals surface area contributed by atoms with Gasteiger partial charge in [0.15, 0.2) is 0 Å². The smallest absolute Gasteiger partial charge is 0.221 e. The van der Waals surface area contributed by atoms with E-state index in [1.54, 1.807) is 4.68 Å². The van der Waals surface area contributed by atoms with E-state index in [0.717, 1.165) is 12.1 Å². The highest BCUT2D eigenvalue weighted by molar-refractivity contribution is 5.75. The minimum atomic E-state index is 0.0524. The van der Waals surface area contributed by atoms with Gasteiger partial charge < -0.3 is 11.1 Å². The van der Waals surface area contributed by atoms with E-state index >= 15 is 0 Å². The monoisotopic (exact) mass is 210 g/mol. The zero-order chi connectivity index (χ0) is 11.1. The van der Waals surface area contributed by atoms with E-state index in [2.05, 4.69) is 10.4 Å². The number of hydrogen-bond acceptors (Lipinski definition) is 3. The summed E-state index contributed by atoms with van der Waals surface area (Å²) in [6, 6.07) is 1.92. The molecule has 0 aliphatic rings. The number of hydrogen-bond donors (Lipinski definition) is 2. The number of carbonyl (C=O) groups excluding carboxylic acids is 1. The highest BCUT2D eigenvalue weighted by atomic mass is 16.1. The van der Waals surface area contributed by atoms with Crippen LogP contribution in [0.15, 0.2) is 12.3 Å². The lowest BCUT2D eigenvalue weighted by molar-refractivity contribution is -0.121. The van der Waals surface area contributed by atoms with Gasteiger partial charge >= 0.3 is 0 Å². The van der Waals surface area contributed by atoms with Gasteiger partial charge in [0.05, 0.1) is 5.69 Å². The number of rotatable bonds is 6. The summed E-state index contributed by atoms with van der Waals surface area (Å²) in [6.07, 6.45) is 3.17. The first-order valence-electron chi connectivity index (χ1n) is 5.19. The van der Waals surface area contributed by atoms with Gasteiger partial charge in [-0.15, -0.1) is 0 Å². The Balaban J connectivity index is 2.16. The van der Waals surface area contributed by atoms with E-state index in [4.69, 9.17) is 5.73 Å². The van der Waals surface area contributed by atoms with Crippen LogP contribution in [0.2, 0.25) is 0 Å². The van der Waals surface area contributed by atoms with Gasteiger partial charge in [0.2, 0.25) is 5.91 Å². The standard InChI is InChI=1S/C10H18N4O/c1-9-3-7-14(13-9)8-4-10(15)12-6-2-5-11/h3,7H,2,4-6,8,11H2,1H3,(H,12,15). The molecule has 0 aromatic carbocycles. The molecule has 3 N–H and O–H groups in total. The summed E-state index contributed by atoms with van der Waals surface area (Å²) in [4.78, 5) is 11.3. The number of aromatic nitrogens is 2. The molecule has 0 aliphatic carbocycles. The molecule has 0 radical (unpaired) electrons. The normalized spacial score (nSPS) is 10.3. The summed E-state index contributed by atoms with van der Waals surface area (Å²) < 4.78 is 1.78. The third-order valence-corrected chi connectivity index (χ3v) is 2.05. The molecular weight excluding hydrogens is 192 g/mol. The predicted octanol–water partition coefficient (Wildman–Crippen LogP) is 0.0466. The summed E-state index contributed by atoms with van der Waals surface area (Å²) in [5.74, 6) is 0.0524. The molecule has 1 aromatic rings. The van der Waals surface area contributed by atoms with E-state index in [9.17, 15) is 4.79 Å². The van der Waals surface area contributed by atoms with Crippen LogP contribution in [0.25, 0.3) is 0 Å². The van der Waals surface area contributed by atoms with Crippen LogP contribution in [-0.4, -0.2) is 28.8 Å². The fourth-order valence-electron chi connectivity index (χ4n) is 1.22. The lowest BCUT2D eigenvalue weighted by atomic mass is 10.3. The van der Waals surface area contributed by atoms with E-state index < -0.39 is 0 Å². The maximum atomic E-state index is 11.3. The summed E-state index contributed by atoms with van der Waals surface area (Å²) in [6.45, 7) is 3.83. The van der Waals surface area contributed by atoms with Crippen LogP contribution in [-0.2, 0) is 11.3 Å². The van der Waals surface area contributed by atoms with Gasteiger partial charge in [0, 0.05) is 25.7 Å². The molecule has 0 atom stereocenters. The second-order valence-electron chi connectivity index (χ2n) is 3.46. The molecule has 0 aliphatic heterocycles. The maximum Gasteiger partial charge on any atom is 0.221 e. The second-order valence-corrected chi connectivity index (χ2v) is 3.46. The highest BCUT2D eigenvalue weighted by Gasteiger charge is 2.01. The summed E-state index contributed by atoms with van der Waals surface area (Å²) in [7, 11) is 0. The average molecular weight is 210 g/mol. The van der Waals surface area contributed by atoms with Crippen LogP contribution < -0.4 is 11.1 Å². The van der Waals surface area contributed by atoms with Crippen LogP contribution in [0.1, 0.15) is 18.5 Å². The minimum absolute atomic E-state index is 0.0524. The molecule has 5 nitrogen and oxygen atoms in total. The first-order chi connectivity index (χ1) is 7.22. The van der Waals surface area contributed by atoms with Gasteiger partial charge in [-0.25, -0.2) is 0 Å². The predicted molar refractivity (Wildman–Crippen MR) is 58.3 cm³/mol. The minimum Gasteiger partial charge on any atom is -0.356 e. The van der Waals surface area contributed by atoms with Gasteiger partial charge in [-0.2, -0.15) is 5.10 Å². The topological polar surface area (TPSA) is 72.9 Å². The van der Waals surface area contributed by atoms with Crippen LogP contribution in [0.4, 0.5) is 0 Å². The van der Waals surface area contributed by atoms with Crippen LogP contribution in [0.5, 0.6) is 0 Å². The van der Waals surface area contributed by atoms with Gasteiger partial charge in [0.1, 0.15) is 0 Å². The average Bonchev–Trinajstić information content (AvgIpc) is 2.62. The molecule has 1 rings (SSSR count). The summed E-state index contributed by atoms with van der Waals surface area (Å²) in [5, 5.41) is 7.00. The molecule has 0 saturated carbocycles. The van der Waals surface area contributed by atoms with Crippen molar-refractivity contribution >= 4 is 5.91 Å². The van der Waals surface area contributed by atoms with E-state index in [1.165, 1.54) is 0 Å². The SMILES string of the molecule is Cc1ccn(CCC(=O)NCCCN)n1. The Kier molecular flexibility index (Phi) is 4.83. The van der Waals surface area contributed by atoms with Crippen molar-refractivity contribution in [3.8, 4) is 0 Å². The quantitative estimate of drug-likeness (QED) is 0.651. The Morgan fingerprint density at radius 3 is 3.07 bits per heavy atom. The summed E-state index contributed by atoms with van der Waals surface area (Å²) >= 11 is 0. The van der Waals surface area contributed by atoms with Crippen molar-refractivity contribution in [3.63, 3.8) is 0 Å². The third kappa shape index (κ3) is 4.60. The molecule has 0 unspecified atom stereocenters. The van der Waals surface area contributed by atoms with Crippen molar-refractivity contribution in [1.82, 2.24) is 15.1 Å². The van der Waals surface area contributed by atoms with Crippen molar-refractivity contribution in [2.24, 2.45) is 5.73 Å². The molecule has 1 heterocycles. The molecule has 5 heteroatoms. The molecular formula is C10H18N4O. The first-order valence-corrected chi connectivity index (χ1v) is 5.19. The Hall–Kier alpha value is -1.36. The van der Waals surface area contributed by atoms with Crippen LogP contribution >= 0.6 is 0 Å². The third-order valence-electron chi connectivity index (χ3n) is 2.05. The van der Waals surface area contributed by atoms with Crippen molar-refractivity contribution in [3.05, 3.63) is 18.0 Å². The second kappa shape index (κ2) is 6.19. The van der Waals surface area contributed by atoms with Gasteiger partial charge in [-0.1, -0.05) is 0 Å². The van der Waals surface area contributed by atoms with E-state index in [-0.39, 0.29) is 5.91 Å². The van der Waals surface area contributed by atoms with Gasteiger partial charge in [0.25, 0.3) is 0 Å². The molecule has 0 spiro atoms. The Labute approximate surface area is 89.6 Å². The Morgan fingerprint density at radius 1 is 1.67 bits per heavy atom. The van der Waals surface area contributed by atoms with E-state index in [0.29, 0.717) is 26.1 Å². The molecule has 0 saturated heterocycles. The Morgan fingerprint density at radius 2 is 2.47 bits per heavy atom. The van der Waals surface area contributed by atoms with Crippen molar-refractivity contribution in [1.29, 1.82) is 0 Å². The maximum absolute atomic E-state index is 11.3. The van der Waals surface area contributed by atoms with Crippen molar-refractivity contribution in [2.45, 2.75) is 26.3 Å². The zero-order valence-electron chi connectivity index (χ0n) is 9.07. The van der Waals surface area contributed by atoms with Crippen LogP contribution in [0, 0.1) is 6.92 Å². The van der Waals surface area contributed by atoms with Gasteiger partial charge in [-0.3, -0.25) is 9.48 Å². The lowest BCUT2D eigenvalue weighted by Crippen LogP contribution is -2.26. The number of amides is 1. The molecule has 15 heavy (non-hydrogen) atoms. The number of nitrogens with zero attached hydrogens (tertiary/aromatic N) is 2. The number of aryl methyl sites for hydroxylation is 2. The number of nitrogens with two attached hydrogens (primary N) is 1. The number of carbonyl (C=O) groups is 1. The molecule has 1 amide bonds. The van der Waals surface area contributed by atoms with Crippen molar-refractivity contribution in [2.75, 3.05) is 13.1 Å². The largest absolute Gasteiger partial charge is 0.356 e. The fourth-order valence-corrected chi connectivity index (χ4v) is 1.22. The molecule has 84 valence electrons. The molecule has 1 aromatic heterocycles. The van der Waals surface area contributed by atoms with Crippen molar-refractivity contribution < 1.29 is 4.79 Å². The molecule has 0 bridgehead atoms. The van der Waals surface area contributed by atoms with Gasteiger partial charge in [-0.05, 0) is 26.0 Å². The number of nitrogens with one attached hydrogen (secondary N) is 1. The summed E-state index contributed by atoms with van der Waals surface area (Å²) in [5.41, 5.74) is 6.29. The highest BCUT2D eigenvalue weighted by Crippen LogP contribution is 1.94. The fraction of sp³-hybridized carbons (Fsp3) is 0.600. The lowest BCUT2D eigenvalue weighted by Gasteiger charge is -2.04. The Bertz CT molecular complexity index is 308. The first kappa shape index (κ1) is 11.7.